The van der Waals surface area contributed by atoms with Gasteiger partial charge in [0.25, 0.3) is 0 Å². The first kappa shape index (κ1) is 11.1. The van der Waals surface area contributed by atoms with E-state index in [9.17, 15) is 0 Å². The van der Waals surface area contributed by atoms with Crippen molar-refractivity contribution in [3.8, 4) is 11.1 Å². The second kappa shape index (κ2) is 5.07. The number of thioether (sulfide) groups is 1. The second-order valence-corrected chi connectivity index (χ2v) is 4.56. The Hall–Kier alpha value is -1.42. The van der Waals surface area contributed by atoms with Crippen LogP contribution in [0.25, 0.3) is 11.1 Å². The van der Waals surface area contributed by atoms with Crippen LogP contribution in [0.3, 0.4) is 0 Å². The fraction of sp³-hybridized carbons (Fsp3) is 0.250. The molecule has 1 aromatic carbocycles. The van der Waals surface area contributed by atoms with Gasteiger partial charge in [0.05, 0.1) is 6.20 Å². The Bertz CT molecular complexity index is 465. The van der Waals surface area contributed by atoms with Crippen molar-refractivity contribution >= 4 is 17.4 Å². The van der Waals surface area contributed by atoms with E-state index in [-0.39, 0.29) is 0 Å². The summed E-state index contributed by atoms with van der Waals surface area (Å²) >= 11 is 1.82. The summed E-state index contributed by atoms with van der Waals surface area (Å²) in [7, 11) is 0. The first-order valence-corrected chi connectivity index (χ1v) is 6.57. The number of aryl methyl sites for hydroxylation is 1. The van der Waals surface area contributed by atoms with Gasteiger partial charge >= 0.3 is 0 Å². The highest BCUT2D eigenvalue weighted by Gasteiger charge is 2.04. The number of benzene rings is 1. The van der Waals surface area contributed by atoms with Crippen molar-refractivity contribution in [2.45, 2.75) is 6.54 Å². The molecule has 0 fully saturated rings. The van der Waals surface area contributed by atoms with Crippen molar-refractivity contribution in [2.24, 2.45) is 0 Å². The van der Waals surface area contributed by atoms with Crippen LogP contribution in [0, 0.1) is 0 Å². The average Bonchev–Trinajstić information content (AvgIpc) is 2.75. The molecular weight excluding hydrogens is 218 g/mol. The van der Waals surface area contributed by atoms with E-state index in [1.807, 2.05) is 53.1 Å². The molecule has 0 radical (unpaired) electrons. The average molecular weight is 233 g/mol. The Morgan fingerprint density at radius 1 is 1.38 bits per heavy atom. The molecule has 0 aliphatic rings. The van der Waals surface area contributed by atoms with Crippen molar-refractivity contribution in [2.75, 3.05) is 17.7 Å². The third kappa shape index (κ3) is 2.39. The Labute approximate surface area is 99.7 Å². The van der Waals surface area contributed by atoms with E-state index in [1.165, 1.54) is 0 Å². The van der Waals surface area contributed by atoms with Crippen LogP contribution in [0.5, 0.6) is 0 Å². The van der Waals surface area contributed by atoms with E-state index in [0.29, 0.717) is 0 Å². The first-order valence-electron chi connectivity index (χ1n) is 5.17. The summed E-state index contributed by atoms with van der Waals surface area (Å²) < 4.78 is 1.96. The van der Waals surface area contributed by atoms with E-state index in [4.69, 9.17) is 5.73 Å². The standard InChI is InChI=1S/C12H15N3S/c1-16-7-6-15-9-10(8-14-15)11-4-2-3-5-12(11)13/h2-5,8-9H,6-7,13H2,1H3. The van der Waals surface area contributed by atoms with Gasteiger partial charge in [-0.25, -0.2) is 0 Å². The predicted molar refractivity (Wildman–Crippen MR) is 70.5 cm³/mol. The lowest BCUT2D eigenvalue weighted by Crippen LogP contribution is -1.99. The molecule has 0 unspecified atom stereocenters. The van der Waals surface area contributed by atoms with Crippen LogP contribution in [0.2, 0.25) is 0 Å². The number of hydrogen-bond acceptors (Lipinski definition) is 3. The van der Waals surface area contributed by atoms with Crippen LogP contribution in [-0.2, 0) is 6.54 Å². The Balaban J connectivity index is 2.22. The second-order valence-electron chi connectivity index (χ2n) is 3.57. The minimum Gasteiger partial charge on any atom is -0.398 e. The molecule has 0 spiro atoms. The molecule has 1 heterocycles. The van der Waals surface area contributed by atoms with Crippen molar-refractivity contribution in [1.82, 2.24) is 9.78 Å². The monoisotopic (exact) mass is 233 g/mol. The normalized spacial score (nSPS) is 10.6. The molecule has 2 N–H and O–H groups in total. The Morgan fingerprint density at radius 3 is 2.94 bits per heavy atom. The SMILES string of the molecule is CSCCn1cc(-c2ccccc2N)cn1. The van der Waals surface area contributed by atoms with Crippen molar-refractivity contribution in [1.29, 1.82) is 0 Å². The molecule has 3 nitrogen and oxygen atoms in total. The number of anilines is 1. The molecule has 1 aromatic heterocycles. The van der Waals surface area contributed by atoms with Gasteiger partial charge in [-0.05, 0) is 12.3 Å². The zero-order valence-electron chi connectivity index (χ0n) is 9.26. The number of nitrogens with two attached hydrogens (primary N) is 1. The summed E-state index contributed by atoms with van der Waals surface area (Å²) in [5.41, 5.74) is 8.86. The van der Waals surface area contributed by atoms with Crippen LogP contribution < -0.4 is 5.73 Å². The van der Waals surface area contributed by atoms with Crippen LogP contribution in [0.4, 0.5) is 5.69 Å². The van der Waals surface area contributed by atoms with Gasteiger partial charge in [-0.3, -0.25) is 4.68 Å². The molecule has 16 heavy (non-hydrogen) atoms. The van der Waals surface area contributed by atoms with Crippen LogP contribution >= 0.6 is 11.8 Å². The quantitative estimate of drug-likeness (QED) is 0.825. The van der Waals surface area contributed by atoms with Gasteiger partial charge in [0.1, 0.15) is 0 Å². The highest BCUT2D eigenvalue weighted by molar-refractivity contribution is 7.98. The van der Waals surface area contributed by atoms with Gasteiger partial charge in [0, 0.05) is 35.3 Å². The molecule has 84 valence electrons. The van der Waals surface area contributed by atoms with Gasteiger partial charge in [0.2, 0.25) is 0 Å². The summed E-state index contributed by atoms with van der Waals surface area (Å²) in [5.74, 6) is 1.07. The Kier molecular flexibility index (Phi) is 3.51. The van der Waals surface area contributed by atoms with Gasteiger partial charge in [0.15, 0.2) is 0 Å². The molecule has 0 atom stereocenters. The van der Waals surface area contributed by atoms with Crippen LogP contribution in [0.15, 0.2) is 36.7 Å². The number of para-hydroxylation sites is 1. The maximum Gasteiger partial charge on any atom is 0.0569 e. The zero-order chi connectivity index (χ0) is 11.4. The molecule has 4 heteroatoms. The van der Waals surface area contributed by atoms with Crippen molar-refractivity contribution < 1.29 is 0 Å². The largest absolute Gasteiger partial charge is 0.398 e. The smallest absolute Gasteiger partial charge is 0.0569 e. The summed E-state index contributed by atoms with van der Waals surface area (Å²) in [6.07, 6.45) is 6.01. The lowest BCUT2D eigenvalue weighted by atomic mass is 10.1. The third-order valence-corrected chi connectivity index (χ3v) is 3.02. The molecule has 0 aliphatic carbocycles. The number of aromatic nitrogens is 2. The maximum atomic E-state index is 5.92. The zero-order valence-corrected chi connectivity index (χ0v) is 10.1. The molecule has 0 bridgehead atoms. The van der Waals surface area contributed by atoms with E-state index in [1.54, 1.807) is 0 Å². The van der Waals surface area contributed by atoms with Gasteiger partial charge in [-0.15, -0.1) is 0 Å². The minimum atomic E-state index is 0.798. The Morgan fingerprint density at radius 2 is 2.19 bits per heavy atom. The molecule has 0 saturated heterocycles. The van der Waals surface area contributed by atoms with Crippen molar-refractivity contribution in [3.63, 3.8) is 0 Å². The fourth-order valence-corrected chi connectivity index (χ4v) is 1.94. The summed E-state index contributed by atoms with van der Waals surface area (Å²) in [5, 5.41) is 4.32. The van der Waals surface area contributed by atoms with Gasteiger partial charge < -0.3 is 5.73 Å². The van der Waals surface area contributed by atoms with E-state index >= 15 is 0 Å². The highest BCUT2D eigenvalue weighted by atomic mass is 32.2. The lowest BCUT2D eigenvalue weighted by molar-refractivity contribution is 0.667. The minimum absolute atomic E-state index is 0.798. The topological polar surface area (TPSA) is 43.8 Å². The lowest BCUT2D eigenvalue weighted by Gasteiger charge is -2.01. The molecule has 2 aromatic rings. The summed E-state index contributed by atoms with van der Waals surface area (Å²) in [6.45, 7) is 0.938. The van der Waals surface area contributed by atoms with E-state index < -0.39 is 0 Å². The summed E-state index contributed by atoms with van der Waals surface area (Å²) in [6, 6.07) is 7.86. The van der Waals surface area contributed by atoms with E-state index in [0.717, 1.165) is 29.1 Å². The summed E-state index contributed by atoms with van der Waals surface area (Å²) in [4.78, 5) is 0. The molecule has 0 amide bonds. The number of rotatable bonds is 4. The third-order valence-electron chi connectivity index (χ3n) is 2.43. The molecular formula is C12H15N3S. The van der Waals surface area contributed by atoms with E-state index in [2.05, 4.69) is 11.4 Å². The van der Waals surface area contributed by atoms with Gasteiger partial charge in [-0.1, -0.05) is 18.2 Å². The van der Waals surface area contributed by atoms with Crippen molar-refractivity contribution in [3.05, 3.63) is 36.7 Å². The van der Waals surface area contributed by atoms with Crippen LogP contribution in [0.1, 0.15) is 0 Å². The van der Waals surface area contributed by atoms with Gasteiger partial charge in [-0.2, -0.15) is 16.9 Å². The predicted octanol–water partition coefficient (Wildman–Crippen LogP) is 2.50. The first-order chi connectivity index (χ1) is 7.81. The number of hydrogen-bond donors (Lipinski definition) is 1. The number of nitrogen functional groups attached to an aromatic ring is 1. The number of nitrogens with zero attached hydrogens (tertiary/aromatic N) is 2. The maximum absolute atomic E-state index is 5.92. The molecule has 0 saturated carbocycles. The molecule has 2 rings (SSSR count). The highest BCUT2D eigenvalue weighted by Crippen LogP contribution is 2.24. The molecule has 0 aliphatic heterocycles. The fourth-order valence-electron chi connectivity index (χ4n) is 1.57. The van der Waals surface area contributed by atoms with Crippen LogP contribution in [-0.4, -0.2) is 21.8 Å².